The molecule has 6 atom stereocenters. The summed E-state index contributed by atoms with van der Waals surface area (Å²) >= 11 is 0. The van der Waals surface area contributed by atoms with Crippen LogP contribution >= 0.6 is 0 Å². The molecule has 0 radical (unpaired) electrons. The van der Waals surface area contributed by atoms with E-state index in [1.165, 1.54) is 36.8 Å². The predicted octanol–water partition coefficient (Wildman–Crippen LogP) is 5.39. The molecule has 3 nitrogen and oxygen atoms in total. The molecule has 0 heterocycles. The van der Waals surface area contributed by atoms with E-state index in [-0.39, 0.29) is 0 Å². The Morgan fingerprint density at radius 2 is 2.10 bits per heavy atom. The van der Waals surface area contributed by atoms with Gasteiger partial charge in [0, 0.05) is 6.04 Å². The Morgan fingerprint density at radius 1 is 1.31 bits per heavy atom. The average Bonchev–Trinajstić information content (AvgIpc) is 3.00. The van der Waals surface area contributed by atoms with E-state index in [0.717, 1.165) is 31.5 Å². The maximum atomic E-state index is 9.94. The van der Waals surface area contributed by atoms with E-state index in [0.29, 0.717) is 29.0 Å². The van der Waals surface area contributed by atoms with Crippen LogP contribution < -0.4 is 0 Å². The van der Waals surface area contributed by atoms with Gasteiger partial charge in [-0.2, -0.15) is 0 Å². The molecule has 0 saturated heterocycles. The van der Waals surface area contributed by atoms with Gasteiger partial charge in [-0.25, -0.2) is 0 Å². The normalized spacial score (nSPS) is 36.0. The summed E-state index contributed by atoms with van der Waals surface area (Å²) in [7, 11) is 4.22. The lowest BCUT2D eigenvalue weighted by Gasteiger charge is -2.52. The monoisotopic (exact) mass is 397 g/mol. The van der Waals surface area contributed by atoms with E-state index in [9.17, 15) is 5.11 Å². The highest BCUT2D eigenvalue weighted by atomic mass is 16.5. The van der Waals surface area contributed by atoms with Gasteiger partial charge in [0.15, 0.2) is 0 Å². The molecule has 4 rings (SSSR count). The second-order valence-corrected chi connectivity index (χ2v) is 10.4. The number of fused-ring (bicyclic) bond motifs is 5. The van der Waals surface area contributed by atoms with E-state index >= 15 is 0 Å². The first-order chi connectivity index (χ1) is 13.8. The van der Waals surface area contributed by atoms with Crippen molar-refractivity contribution in [2.75, 3.05) is 27.3 Å². The number of aromatic hydroxyl groups is 1. The maximum absolute atomic E-state index is 9.94. The summed E-state index contributed by atoms with van der Waals surface area (Å²) in [5.74, 6) is 3.33. The highest BCUT2D eigenvalue weighted by molar-refractivity contribution is 5.41. The number of phenolic OH excluding ortho intramolecular Hbond substituents is 1. The van der Waals surface area contributed by atoms with Gasteiger partial charge in [-0.1, -0.05) is 31.6 Å². The molecule has 0 spiro atoms. The number of nitrogens with zero attached hydrogens (tertiary/aromatic N) is 1. The highest BCUT2D eigenvalue weighted by Crippen LogP contribution is 2.63. The Morgan fingerprint density at radius 3 is 2.86 bits per heavy atom. The molecule has 0 bridgehead atoms. The fraction of sp³-hybridized carbons (Fsp3) is 0.692. The van der Waals surface area contributed by atoms with Gasteiger partial charge in [-0.15, -0.1) is 0 Å². The summed E-state index contributed by atoms with van der Waals surface area (Å²) < 4.78 is 5.99. The molecular weight excluding hydrogens is 358 g/mol. The van der Waals surface area contributed by atoms with E-state index < -0.39 is 0 Å². The molecule has 1 aromatic carbocycles. The number of allylic oxidation sites excluding steroid dienone is 1. The van der Waals surface area contributed by atoms with Crippen LogP contribution in [0.3, 0.4) is 0 Å². The molecular formula is C26H39NO2. The molecule has 3 aliphatic rings. The van der Waals surface area contributed by atoms with Gasteiger partial charge in [0.05, 0.1) is 13.2 Å². The number of phenols is 1. The molecule has 3 aliphatic carbocycles. The van der Waals surface area contributed by atoms with Crippen LogP contribution in [0.1, 0.15) is 63.5 Å². The Labute approximate surface area is 177 Å². The van der Waals surface area contributed by atoms with Crippen molar-refractivity contribution in [3.8, 4) is 5.75 Å². The van der Waals surface area contributed by atoms with Crippen LogP contribution in [0.15, 0.2) is 29.8 Å². The summed E-state index contributed by atoms with van der Waals surface area (Å²) in [4.78, 5) is 2.21. The van der Waals surface area contributed by atoms with Crippen molar-refractivity contribution >= 4 is 0 Å². The minimum absolute atomic E-state index is 0.348. The summed E-state index contributed by atoms with van der Waals surface area (Å²) in [5.41, 5.74) is 4.91. The fourth-order valence-electron chi connectivity index (χ4n) is 6.70. The van der Waals surface area contributed by atoms with Gasteiger partial charge in [0.2, 0.25) is 0 Å². The summed E-state index contributed by atoms with van der Waals surface area (Å²) in [6, 6.07) is 6.58. The lowest BCUT2D eigenvalue weighted by atomic mass is 9.52. The predicted molar refractivity (Wildman–Crippen MR) is 119 cm³/mol. The van der Waals surface area contributed by atoms with E-state index in [2.05, 4.69) is 51.9 Å². The number of hydrogen-bond acceptors (Lipinski definition) is 3. The largest absolute Gasteiger partial charge is 0.508 e. The number of ether oxygens (including phenoxy) is 1. The van der Waals surface area contributed by atoms with Gasteiger partial charge in [-0.05, 0) is 105 Å². The summed E-state index contributed by atoms with van der Waals surface area (Å²) in [6.07, 6.45) is 8.66. The zero-order chi connectivity index (χ0) is 20.8. The average molecular weight is 398 g/mol. The van der Waals surface area contributed by atoms with Crippen LogP contribution in [0.4, 0.5) is 0 Å². The third-order valence-electron chi connectivity index (χ3n) is 8.59. The van der Waals surface area contributed by atoms with Crippen LogP contribution in [0.2, 0.25) is 0 Å². The molecule has 1 aromatic rings. The van der Waals surface area contributed by atoms with Crippen molar-refractivity contribution in [1.29, 1.82) is 0 Å². The molecule has 2 fully saturated rings. The van der Waals surface area contributed by atoms with Gasteiger partial charge in [0.1, 0.15) is 5.75 Å². The summed E-state index contributed by atoms with van der Waals surface area (Å²) in [5, 5.41) is 9.94. The van der Waals surface area contributed by atoms with Crippen molar-refractivity contribution in [2.45, 2.75) is 64.8 Å². The van der Waals surface area contributed by atoms with Crippen LogP contribution in [0.5, 0.6) is 5.75 Å². The van der Waals surface area contributed by atoms with E-state index in [4.69, 9.17) is 4.74 Å². The van der Waals surface area contributed by atoms with Gasteiger partial charge < -0.3 is 14.7 Å². The van der Waals surface area contributed by atoms with Crippen LogP contribution in [-0.4, -0.2) is 43.4 Å². The number of likely N-dealkylation sites (N-methyl/N-ethyl adjacent to an activating group) is 1. The smallest absolute Gasteiger partial charge is 0.115 e. The fourth-order valence-corrected chi connectivity index (χ4v) is 6.70. The maximum Gasteiger partial charge on any atom is 0.115 e. The van der Waals surface area contributed by atoms with Crippen molar-refractivity contribution in [1.82, 2.24) is 4.90 Å². The lowest BCUT2D eigenvalue weighted by molar-refractivity contribution is 0.0481. The van der Waals surface area contributed by atoms with Crippen molar-refractivity contribution in [3.63, 3.8) is 0 Å². The van der Waals surface area contributed by atoms with E-state index in [1.54, 1.807) is 5.57 Å². The molecule has 2 saturated carbocycles. The second kappa shape index (κ2) is 8.07. The standard InChI is InChI=1S/C26H39NO2/c1-17-14-19-15-21(28)7-8-22(19)23-10-12-26(3)20(6-9-24(26)25(17)23)11-13-29-16-18(2)27(4)5/h7-8,11,15,17-18,23-25,28H,6,9-10,12-14,16H2,1-5H3/b20-11+/t17-,18-,23-,24+,25-,26-/m1/s1. The van der Waals surface area contributed by atoms with Crippen LogP contribution in [0.25, 0.3) is 0 Å². The molecule has 1 N–H and O–H groups in total. The topological polar surface area (TPSA) is 32.7 Å². The first-order valence-electron chi connectivity index (χ1n) is 11.6. The van der Waals surface area contributed by atoms with Crippen molar-refractivity contribution in [3.05, 3.63) is 41.0 Å². The Bertz CT molecular complexity index is 770. The molecule has 160 valence electrons. The Kier molecular flexibility index (Phi) is 5.83. The first kappa shape index (κ1) is 20.9. The third kappa shape index (κ3) is 3.77. The van der Waals surface area contributed by atoms with Gasteiger partial charge >= 0.3 is 0 Å². The molecule has 0 aromatic heterocycles. The number of rotatable bonds is 5. The van der Waals surface area contributed by atoms with Crippen LogP contribution in [0, 0.1) is 23.2 Å². The second-order valence-electron chi connectivity index (χ2n) is 10.4. The van der Waals surface area contributed by atoms with Crippen molar-refractivity contribution in [2.24, 2.45) is 23.2 Å². The third-order valence-corrected chi connectivity index (χ3v) is 8.59. The Hall–Kier alpha value is -1.32. The van der Waals surface area contributed by atoms with Crippen LogP contribution in [-0.2, 0) is 11.2 Å². The van der Waals surface area contributed by atoms with Crippen molar-refractivity contribution < 1.29 is 9.84 Å². The van der Waals surface area contributed by atoms with Gasteiger partial charge in [0.25, 0.3) is 0 Å². The molecule has 0 aliphatic heterocycles. The zero-order valence-electron chi connectivity index (χ0n) is 18.9. The van der Waals surface area contributed by atoms with Gasteiger partial charge in [-0.3, -0.25) is 0 Å². The molecule has 3 heteroatoms. The summed E-state index contributed by atoms with van der Waals surface area (Å²) in [6.45, 7) is 8.74. The SMILES string of the molecule is C[C@@H]1Cc2cc(O)ccc2[C@H]2CC[C@]3(C)/C(=C/COC[C@@H](C)N(C)C)CC[C@H]3[C@H]12. The quantitative estimate of drug-likeness (QED) is 0.534. The Balaban J connectivity index is 1.49. The lowest BCUT2D eigenvalue weighted by Crippen LogP contribution is -2.43. The molecule has 0 unspecified atom stereocenters. The molecule has 29 heavy (non-hydrogen) atoms. The number of hydrogen-bond donors (Lipinski definition) is 1. The van der Waals surface area contributed by atoms with E-state index in [1.807, 2.05) is 12.1 Å². The number of benzene rings is 1. The first-order valence-corrected chi connectivity index (χ1v) is 11.6. The minimum atomic E-state index is 0.348. The molecule has 0 amide bonds. The zero-order valence-corrected chi connectivity index (χ0v) is 18.9. The minimum Gasteiger partial charge on any atom is -0.508 e. The highest BCUT2D eigenvalue weighted by Gasteiger charge is 2.54.